The van der Waals surface area contributed by atoms with Gasteiger partial charge in [0.1, 0.15) is 0 Å². The summed E-state index contributed by atoms with van der Waals surface area (Å²) in [7, 11) is 4.72. The zero-order valence-electron chi connectivity index (χ0n) is 16.9. The maximum absolute atomic E-state index is 13.0. The summed E-state index contributed by atoms with van der Waals surface area (Å²) in [5, 5.41) is 4.34. The van der Waals surface area contributed by atoms with Gasteiger partial charge in [-0.3, -0.25) is 9.59 Å². The predicted octanol–water partition coefficient (Wildman–Crippen LogP) is 2.83. The molecule has 0 fully saturated rings. The second-order valence-electron chi connectivity index (χ2n) is 6.56. The zero-order valence-corrected chi connectivity index (χ0v) is 16.9. The normalized spacial score (nSPS) is 10.5. The molecule has 0 radical (unpaired) electrons. The van der Waals surface area contributed by atoms with Crippen molar-refractivity contribution in [2.24, 2.45) is 0 Å². The molecule has 0 saturated carbocycles. The molecule has 1 heterocycles. The first-order valence-corrected chi connectivity index (χ1v) is 9.08. The molecule has 0 atom stereocenters. The predicted molar refractivity (Wildman–Crippen MR) is 110 cm³/mol. The smallest absolute Gasteiger partial charge is 0.278 e. The van der Waals surface area contributed by atoms with Crippen molar-refractivity contribution in [1.29, 1.82) is 0 Å². The van der Waals surface area contributed by atoms with Crippen LogP contribution in [0.2, 0.25) is 0 Å². The van der Waals surface area contributed by atoms with Crippen molar-refractivity contribution in [2.75, 3.05) is 21.3 Å². The lowest BCUT2D eigenvalue weighted by Gasteiger charge is -2.20. The fourth-order valence-electron chi connectivity index (χ4n) is 3.11. The number of methoxy groups -OCH3 is 2. The van der Waals surface area contributed by atoms with Crippen LogP contribution in [0.15, 0.2) is 59.4 Å². The van der Waals surface area contributed by atoms with Crippen LogP contribution in [-0.2, 0) is 6.54 Å². The van der Waals surface area contributed by atoms with Crippen LogP contribution in [0.1, 0.15) is 21.7 Å². The monoisotopic (exact) mass is 393 g/mol. The van der Waals surface area contributed by atoms with Crippen LogP contribution in [-0.4, -0.2) is 41.9 Å². The number of ether oxygens (including phenoxy) is 2. The molecule has 3 aromatic rings. The minimum atomic E-state index is -0.468. The fraction of sp³-hybridized carbons (Fsp3) is 0.227. The zero-order chi connectivity index (χ0) is 21.0. The first-order valence-electron chi connectivity index (χ1n) is 9.08. The summed E-state index contributed by atoms with van der Waals surface area (Å²) in [4.78, 5) is 26.9. The van der Waals surface area contributed by atoms with Crippen molar-refractivity contribution in [3.8, 4) is 17.2 Å². The average molecular weight is 393 g/mol. The van der Waals surface area contributed by atoms with Gasteiger partial charge in [0.2, 0.25) is 5.43 Å². The van der Waals surface area contributed by atoms with Gasteiger partial charge in [-0.25, -0.2) is 4.68 Å². The highest BCUT2D eigenvalue weighted by Gasteiger charge is 2.21. The molecule has 0 aliphatic rings. The van der Waals surface area contributed by atoms with Crippen LogP contribution in [0, 0.1) is 6.92 Å². The van der Waals surface area contributed by atoms with E-state index >= 15 is 0 Å². The molecule has 0 bridgehead atoms. The lowest BCUT2D eigenvalue weighted by atomic mass is 10.1. The van der Waals surface area contributed by atoms with Gasteiger partial charge in [-0.15, -0.1) is 0 Å². The van der Waals surface area contributed by atoms with Crippen LogP contribution in [0.3, 0.4) is 0 Å². The van der Waals surface area contributed by atoms with Crippen LogP contribution in [0.4, 0.5) is 0 Å². The van der Waals surface area contributed by atoms with Gasteiger partial charge in [0, 0.05) is 30.9 Å². The van der Waals surface area contributed by atoms with Crippen molar-refractivity contribution < 1.29 is 14.3 Å². The van der Waals surface area contributed by atoms with Crippen molar-refractivity contribution >= 4 is 5.91 Å². The molecule has 0 unspecified atom stereocenters. The quantitative estimate of drug-likeness (QED) is 0.644. The van der Waals surface area contributed by atoms with Crippen LogP contribution in [0.25, 0.3) is 5.69 Å². The number of carbonyl (C=O) groups excluding carboxylic acids is 1. The molecule has 0 aliphatic heterocycles. The third-order valence-electron chi connectivity index (χ3n) is 4.55. The summed E-state index contributed by atoms with van der Waals surface area (Å²) in [5.74, 6) is 0.656. The summed E-state index contributed by atoms with van der Waals surface area (Å²) in [6, 6.07) is 16.2. The third kappa shape index (κ3) is 4.13. The highest BCUT2D eigenvalue weighted by atomic mass is 16.5. The molecule has 7 heteroatoms. The Labute approximate surface area is 169 Å². The first-order chi connectivity index (χ1) is 14.0. The Morgan fingerprint density at radius 2 is 1.79 bits per heavy atom. The fourth-order valence-corrected chi connectivity index (χ4v) is 3.11. The van der Waals surface area contributed by atoms with E-state index in [0.717, 1.165) is 11.3 Å². The van der Waals surface area contributed by atoms with E-state index in [1.165, 1.54) is 11.0 Å². The van der Waals surface area contributed by atoms with Crippen molar-refractivity contribution in [2.45, 2.75) is 13.5 Å². The molecule has 0 N–H and O–H groups in total. The van der Waals surface area contributed by atoms with Crippen LogP contribution < -0.4 is 14.9 Å². The minimum absolute atomic E-state index is 0.135. The van der Waals surface area contributed by atoms with Crippen LogP contribution >= 0.6 is 0 Å². The van der Waals surface area contributed by atoms with Gasteiger partial charge >= 0.3 is 0 Å². The Hall–Kier alpha value is -3.61. The molecule has 0 saturated heterocycles. The number of benzene rings is 2. The standard InChI is InChI=1S/C22H23N3O4/c1-15-13-18(26)20(23-25(15)17-10-6-5-7-11-17)22(27)24(2)14-16-9-8-12-19(28-3)21(16)29-4/h5-13H,14H2,1-4H3. The molecule has 1 aromatic heterocycles. The summed E-state index contributed by atoms with van der Waals surface area (Å²) in [6.07, 6.45) is 0. The van der Waals surface area contributed by atoms with E-state index in [1.807, 2.05) is 42.5 Å². The largest absolute Gasteiger partial charge is 0.493 e. The Morgan fingerprint density at radius 1 is 1.07 bits per heavy atom. The average Bonchev–Trinajstić information content (AvgIpc) is 2.73. The maximum Gasteiger partial charge on any atom is 0.278 e. The van der Waals surface area contributed by atoms with E-state index in [4.69, 9.17) is 9.47 Å². The number of aryl methyl sites for hydroxylation is 1. The number of carbonyl (C=O) groups is 1. The van der Waals surface area contributed by atoms with E-state index < -0.39 is 11.3 Å². The molecular formula is C22H23N3O4. The molecule has 7 nitrogen and oxygen atoms in total. The Bertz CT molecular complexity index is 1080. The highest BCUT2D eigenvalue weighted by molar-refractivity contribution is 5.92. The lowest BCUT2D eigenvalue weighted by Crippen LogP contribution is -2.33. The molecule has 0 aliphatic carbocycles. The molecule has 1 amide bonds. The topological polar surface area (TPSA) is 73.7 Å². The summed E-state index contributed by atoms with van der Waals surface area (Å²) >= 11 is 0. The van der Waals surface area contributed by atoms with Gasteiger partial charge in [-0.05, 0) is 25.1 Å². The summed E-state index contributed by atoms with van der Waals surface area (Å²) in [5.41, 5.74) is 1.64. The second kappa shape index (κ2) is 8.60. The third-order valence-corrected chi connectivity index (χ3v) is 4.55. The first kappa shape index (κ1) is 20.1. The Balaban J connectivity index is 1.94. The molecule has 150 valence electrons. The number of hydrogen-bond donors (Lipinski definition) is 0. The van der Waals surface area contributed by atoms with E-state index in [2.05, 4.69) is 5.10 Å². The maximum atomic E-state index is 13.0. The van der Waals surface area contributed by atoms with Crippen molar-refractivity contribution in [3.63, 3.8) is 0 Å². The van der Waals surface area contributed by atoms with Crippen molar-refractivity contribution in [3.05, 3.63) is 81.8 Å². The van der Waals surface area contributed by atoms with E-state index in [0.29, 0.717) is 17.2 Å². The Kier molecular flexibility index (Phi) is 5.97. The summed E-state index contributed by atoms with van der Waals surface area (Å²) in [6.45, 7) is 2.01. The van der Waals surface area contributed by atoms with Gasteiger partial charge in [-0.1, -0.05) is 30.3 Å². The van der Waals surface area contributed by atoms with Gasteiger partial charge in [0.25, 0.3) is 5.91 Å². The van der Waals surface area contributed by atoms with Gasteiger partial charge in [0.05, 0.1) is 19.9 Å². The minimum Gasteiger partial charge on any atom is -0.493 e. The molecular weight excluding hydrogens is 370 g/mol. The van der Waals surface area contributed by atoms with Crippen LogP contribution in [0.5, 0.6) is 11.5 Å². The van der Waals surface area contributed by atoms with Crippen molar-refractivity contribution in [1.82, 2.24) is 14.7 Å². The number of nitrogens with zero attached hydrogens (tertiary/aromatic N) is 3. The van der Waals surface area contributed by atoms with E-state index in [1.54, 1.807) is 38.9 Å². The number of amides is 1. The molecule has 3 rings (SSSR count). The number of aromatic nitrogens is 2. The molecule has 29 heavy (non-hydrogen) atoms. The SMILES string of the molecule is COc1cccc(CN(C)C(=O)c2nn(-c3ccccc3)c(C)cc2=O)c1OC. The number of hydrogen-bond acceptors (Lipinski definition) is 5. The highest BCUT2D eigenvalue weighted by Crippen LogP contribution is 2.31. The van der Waals surface area contributed by atoms with Gasteiger partial charge in [0.15, 0.2) is 17.2 Å². The number of para-hydroxylation sites is 2. The number of rotatable bonds is 6. The Morgan fingerprint density at radius 3 is 2.45 bits per heavy atom. The van der Waals surface area contributed by atoms with E-state index in [9.17, 15) is 9.59 Å². The van der Waals surface area contributed by atoms with E-state index in [-0.39, 0.29) is 12.2 Å². The second-order valence-corrected chi connectivity index (χ2v) is 6.56. The molecule has 2 aromatic carbocycles. The summed E-state index contributed by atoms with van der Waals surface area (Å²) < 4.78 is 12.3. The van der Waals surface area contributed by atoms with Gasteiger partial charge < -0.3 is 14.4 Å². The van der Waals surface area contributed by atoms with Gasteiger partial charge in [-0.2, -0.15) is 5.10 Å². The molecule has 0 spiro atoms. The lowest BCUT2D eigenvalue weighted by molar-refractivity contribution is 0.0774.